The highest BCUT2D eigenvalue weighted by Crippen LogP contribution is 2.49. The minimum Gasteiger partial charge on any atom is -0.481 e. The van der Waals surface area contributed by atoms with Gasteiger partial charge in [-0.1, -0.05) is 128 Å². The second-order valence-electron chi connectivity index (χ2n) is 17.8. The summed E-state index contributed by atoms with van der Waals surface area (Å²) >= 11 is 1.43. The first kappa shape index (κ1) is 49.1. The fraction of sp³-hybridized carbons (Fsp3) is 0.412. The molecular formula is C51H61NO9S. The monoisotopic (exact) mass is 863 g/mol. The van der Waals surface area contributed by atoms with Crippen molar-refractivity contribution in [3.63, 3.8) is 0 Å². The number of carbonyl (C=O) groups excluding carboxylic acids is 5. The third-order valence-electron chi connectivity index (χ3n) is 10.2. The number of carboxylic acids is 1. The first-order chi connectivity index (χ1) is 29.3. The number of carbonyl (C=O) groups is 6. The van der Waals surface area contributed by atoms with E-state index in [4.69, 9.17) is 9.47 Å². The number of amides is 1. The Balaban J connectivity index is 1.61. The van der Waals surface area contributed by atoms with Crippen LogP contribution in [0.2, 0.25) is 0 Å². The van der Waals surface area contributed by atoms with E-state index in [0.717, 1.165) is 22.3 Å². The van der Waals surface area contributed by atoms with E-state index >= 15 is 0 Å². The molecule has 0 spiro atoms. The molecule has 0 unspecified atom stereocenters. The average molecular weight is 864 g/mol. The summed E-state index contributed by atoms with van der Waals surface area (Å²) in [4.78, 5) is 80.9. The van der Waals surface area contributed by atoms with Crippen LogP contribution in [0, 0.1) is 17.8 Å². The summed E-state index contributed by atoms with van der Waals surface area (Å²) in [7, 11) is 0. The highest BCUT2D eigenvalue weighted by molar-refractivity contribution is 8.00. The molecule has 10 nitrogen and oxygen atoms in total. The number of hydrogen-bond acceptors (Lipinski definition) is 9. The van der Waals surface area contributed by atoms with Crippen LogP contribution in [-0.4, -0.2) is 63.5 Å². The smallest absolute Gasteiger partial charge is 0.309 e. The Kier molecular flexibility index (Phi) is 17.8. The maximum Gasteiger partial charge on any atom is 0.309 e. The van der Waals surface area contributed by atoms with Crippen molar-refractivity contribution < 1.29 is 43.3 Å². The second-order valence-corrected chi connectivity index (χ2v) is 19.0. The largest absolute Gasteiger partial charge is 0.481 e. The molecule has 4 aromatic carbocycles. The van der Waals surface area contributed by atoms with Gasteiger partial charge < -0.3 is 19.9 Å². The van der Waals surface area contributed by atoms with E-state index in [9.17, 15) is 33.9 Å². The van der Waals surface area contributed by atoms with E-state index in [1.807, 2.05) is 97.1 Å². The zero-order valence-corrected chi connectivity index (χ0v) is 37.7. The van der Waals surface area contributed by atoms with Gasteiger partial charge in [-0.25, -0.2) is 0 Å². The number of ether oxygens (including phenoxy) is 2. The van der Waals surface area contributed by atoms with Gasteiger partial charge in [-0.05, 0) is 76.6 Å². The maximum atomic E-state index is 14.4. The zero-order chi connectivity index (χ0) is 45.5. The molecule has 0 saturated heterocycles. The SMILES string of the molecule is C[C@@H](CCC(=O)C[C@@H](CC(=O)OC(C)(C)C)C(=O)N[C@@H](Cc1ccccc1)C(=O)C[C@@H](CSC(c1ccccc1)(c1ccccc1)c1ccccc1)C(=O)O)C(=O)OC(C)(C)C. The molecule has 2 N–H and O–H groups in total. The number of rotatable bonds is 22. The Bertz CT molecular complexity index is 2000. The van der Waals surface area contributed by atoms with Gasteiger partial charge in [0.1, 0.15) is 17.0 Å². The lowest BCUT2D eigenvalue weighted by molar-refractivity contribution is -0.159. The second kappa shape index (κ2) is 22.5. The van der Waals surface area contributed by atoms with E-state index in [1.165, 1.54) is 11.8 Å². The molecule has 62 heavy (non-hydrogen) atoms. The third kappa shape index (κ3) is 15.1. The van der Waals surface area contributed by atoms with E-state index in [-0.39, 0.29) is 37.2 Å². The third-order valence-corrected chi connectivity index (χ3v) is 11.9. The lowest BCUT2D eigenvalue weighted by atomic mass is 9.84. The van der Waals surface area contributed by atoms with Crippen LogP contribution in [0.3, 0.4) is 0 Å². The summed E-state index contributed by atoms with van der Waals surface area (Å²) in [6, 6.07) is 37.4. The molecule has 1 amide bonds. The summed E-state index contributed by atoms with van der Waals surface area (Å²) in [5.74, 6) is -6.75. The van der Waals surface area contributed by atoms with Crippen molar-refractivity contribution in [2.75, 3.05) is 5.75 Å². The van der Waals surface area contributed by atoms with Gasteiger partial charge in [-0.2, -0.15) is 0 Å². The molecule has 4 aromatic rings. The van der Waals surface area contributed by atoms with Gasteiger partial charge in [0.25, 0.3) is 0 Å². The van der Waals surface area contributed by atoms with E-state index < -0.39 is 82.2 Å². The molecule has 11 heteroatoms. The molecule has 4 rings (SSSR count). The molecule has 0 aliphatic heterocycles. The van der Waals surface area contributed by atoms with Crippen molar-refractivity contribution in [1.29, 1.82) is 0 Å². The number of carboxylic acid groups (broad SMARTS) is 1. The number of hydrogen-bond donors (Lipinski definition) is 2. The minimum atomic E-state index is -1.20. The minimum absolute atomic E-state index is 0.0424. The summed E-state index contributed by atoms with van der Waals surface area (Å²) in [6.45, 7) is 12.0. The van der Waals surface area contributed by atoms with Gasteiger partial charge in [-0.3, -0.25) is 28.8 Å². The van der Waals surface area contributed by atoms with Crippen LogP contribution in [0.15, 0.2) is 121 Å². The van der Waals surface area contributed by atoms with Crippen LogP contribution >= 0.6 is 11.8 Å². The summed E-state index contributed by atoms with van der Waals surface area (Å²) < 4.78 is 10.2. The van der Waals surface area contributed by atoms with Gasteiger partial charge in [0.2, 0.25) is 5.91 Å². The molecule has 0 saturated carbocycles. The van der Waals surface area contributed by atoms with Crippen molar-refractivity contribution in [2.45, 2.75) is 109 Å². The van der Waals surface area contributed by atoms with Crippen molar-refractivity contribution in [3.05, 3.63) is 144 Å². The van der Waals surface area contributed by atoms with Gasteiger partial charge >= 0.3 is 17.9 Å². The Morgan fingerprint density at radius 2 is 1.10 bits per heavy atom. The van der Waals surface area contributed by atoms with Gasteiger partial charge in [0, 0.05) is 25.0 Å². The summed E-state index contributed by atoms with van der Waals surface area (Å²) in [6.07, 6.45) is -0.983. The quantitative estimate of drug-likeness (QED) is 0.0578. The van der Waals surface area contributed by atoms with E-state index in [2.05, 4.69) is 5.32 Å². The number of Topliss-reactive ketones (excluding diaryl/α,β-unsaturated/α-hetero) is 2. The molecular weight excluding hydrogens is 803 g/mol. The molecule has 0 radical (unpaired) electrons. The number of thioether (sulfide) groups is 1. The number of ketones is 2. The van der Waals surface area contributed by atoms with Crippen molar-refractivity contribution >= 4 is 47.1 Å². The van der Waals surface area contributed by atoms with Crippen molar-refractivity contribution in [3.8, 4) is 0 Å². The highest BCUT2D eigenvalue weighted by Gasteiger charge is 2.39. The predicted molar refractivity (Wildman–Crippen MR) is 242 cm³/mol. The van der Waals surface area contributed by atoms with Gasteiger partial charge in [0.05, 0.1) is 35.0 Å². The Morgan fingerprint density at radius 1 is 0.629 bits per heavy atom. The Hall–Kier alpha value is -5.55. The van der Waals surface area contributed by atoms with Crippen LogP contribution in [0.5, 0.6) is 0 Å². The standard InChI is InChI=1S/C51H61NO9S/c1-35(48(59)61-50(5,6)7)28-29-42(53)31-37(33-45(55)60-49(2,3)4)46(56)52-43(30-36-20-12-8-13-21-36)44(54)32-38(47(57)58)34-62-51(39-22-14-9-15-23-39,40-24-16-10-17-25-40)41-26-18-11-19-27-41/h8-27,35,37-38,43H,28-34H2,1-7H3,(H,52,56)(H,57,58)/t35-,37-,38-,43-/m0/s1. The maximum absolute atomic E-state index is 14.4. The molecule has 0 aromatic heterocycles. The Labute approximate surface area is 370 Å². The van der Waals surface area contributed by atoms with E-state index in [1.54, 1.807) is 72.7 Å². The number of aliphatic carboxylic acids is 1. The molecule has 0 aliphatic carbocycles. The summed E-state index contributed by atoms with van der Waals surface area (Å²) in [5, 5.41) is 13.5. The fourth-order valence-corrected chi connectivity index (χ4v) is 8.72. The topological polar surface area (TPSA) is 153 Å². The highest BCUT2D eigenvalue weighted by atomic mass is 32.2. The lowest BCUT2D eigenvalue weighted by Gasteiger charge is -2.36. The Morgan fingerprint density at radius 3 is 1.55 bits per heavy atom. The first-order valence-electron chi connectivity index (χ1n) is 21.1. The lowest BCUT2D eigenvalue weighted by Crippen LogP contribution is -2.47. The number of benzene rings is 4. The van der Waals surface area contributed by atoms with Crippen molar-refractivity contribution in [2.24, 2.45) is 17.8 Å². The molecule has 4 atom stereocenters. The van der Waals surface area contributed by atoms with Crippen LogP contribution in [0.25, 0.3) is 0 Å². The summed E-state index contributed by atoms with van der Waals surface area (Å²) in [5.41, 5.74) is 1.99. The molecule has 0 bridgehead atoms. The van der Waals surface area contributed by atoms with Crippen LogP contribution in [0.1, 0.15) is 103 Å². The van der Waals surface area contributed by atoms with Gasteiger partial charge in [0.15, 0.2) is 5.78 Å². The fourth-order valence-electron chi connectivity index (χ4n) is 7.10. The molecule has 0 aliphatic rings. The molecule has 330 valence electrons. The first-order valence-corrected chi connectivity index (χ1v) is 22.1. The molecule has 0 heterocycles. The van der Waals surface area contributed by atoms with Crippen molar-refractivity contribution in [1.82, 2.24) is 5.32 Å². The van der Waals surface area contributed by atoms with E-state index in [0.29, 0.717) is 0 Å². The van der Waals surface area contributed by atoms with Crippen LogP contribution in [0.4, 0.5) is 0 Å². The molecule has 0 fully saturated rings. The predicted octanol–water partition coefficient (Wildman–Crippen LogP) is 9.16. The van der Waals surface area contributed by atoms with Crippen LogP contribution < -0.4 is 5.32 Å². The van der Waals surface area contributed by atoms with Crippen LogP contribution in [-0.2, 0) is 49.4 Å². The number of nitrogens with one attached hydrogen (secondary N) is 1. The average Bonchev–Trinajstić information content (AvgIpc) is 3.22. The normalized spacial score (nSPS) is 13.8. The van der Waals surface area contributed by atoms with Gasteiger partial charge in [-0.15, -0.1) is 11.8 Å². The zero-order valence-electron chi connectivity index (χ0n) is 36.9. The number of esters is 2.